The van der Waals surface area contributed by atoms with Crippen LogP contribution in [0.15, 0.2) is 16.6 Å². The summed E-state index contributed by atoms with van der Waals surface area (Å²) < 4.78 is 46.9. The van der Waals surface area contributed by atoms with Gasteiger partial charge in [-0.3, -0.25) is 4.79 Å². The molecule has 0 saturated carbocycles. The van der Waals surface area contributed by atoms with Crippen LogP contribution in [0.2, 0.25) is 0 Å². The maximum Gasteiger partial charge on any atom is 0.416 e. The van der Waals surface area contributed by atoms with Crippen LogP contribution in [0.1, 0.15) is 10.4 Å². The summed E-state index contributed by atoms with van der Waals surface area (Å²) >= 11 is 3.16. The number of ether oxygens (including phenoxy) is 2. The Kier molecular flexibility index (Phi) is 5.85. The van der Waals surface area contributed by atoms with Crippen molar-refractivity contribution in [3.05, 3.63) is 22.2 Å². The van der Waals surface area contributed by atoms with E-state index in [-0.39, 0.29) is 11.3 Å². The summed E-state index contributed by atoms with van der Waals surface area (Å²) in [6.07, 6.45) is -7.44. The number of amides is 1. The number of benzene rings is 1. The number of carbonyl (C=O) groups is 1. The first-order valence-corrected chi connectivity index (χ1v) is 6.44. The Balaban J connectivity index is 2.94. The smallest absolute Gasteiger partial charge is 0.416 e. The van der Waals surface area contributed by atoms with E-state index >= 15 is 0 Å². The zero-order valence-electron chi connectivity index (χ0n) is 11.1. The van der Waals surface area contributed by atoms with Crippen molar-refractivity contribution in [2.75, 3.05) is 20.8 Å². The van der Waals surface area contributed by atoms with Gasteiger partial charge in [0.2, 0.25) is 0 Å². The third-order valence-electron chi connectivity index (χ3n) is 2.54. The molecule has 0 bridgehead atoms. The van der Waals surface area contributed by atoms with E-state index in [2.05, 4.69) is 15.9 Å². The van der Waals surface area contributed by atoms with E-state index in [0.717, 1.165) is 0 Å². The first-order valence-electron chi connectivity index (χ1n) is 5.65. The van der Waals surface area contributed by atoms with Gasteiger partial charge in [0.05, 0.1) is 30.8 Å². The molecule has 0 spiro atoms. The molecule has 0 aliphatic heterocycles. The molecular weight excluding hydrogens is 359 g/mol. The van der Waals surface area contributed by atoms with Crippen LogP contribution in [0.5, 0.6) is 11.5 Å². The number of hydrogen-bond acceptors (Lipinski definition) is 4. The highest BCUT2D eigenvalue weighted by Gasteiger charge is 2.38. The number of aliphatic hydroxyl groups is 1. The summed E-state index contributed by atoms with van der Waals surface area (Å²) in [5.41, 5.74) is -0.0156. The number of aliphatic hydroxyl groups excluding tert-OH is 1. The van der Waals surface area contributed by atoms with Gasteiger partial charge in [0.15, 0.2) is 6.10 Å². The first kappa shape index (κ1) is 17.6. The molecule has 5 nitrogen and oxygen atoms in total. The number of rotatable bonds is 5. The van der Waals surface area contributed by atoms with E-state index in [4.69, 9.17) is 14.6 Å². The minimum absolute atomic E-state index is 0.0156. The largest absolute Gasteiger partial charge is 0.497 e. The van der Waals surface area contributed by atoms with E-state index < -0.39 is 24.7 Å². The Labute approximate surface area is 127 Å². The Hall–Kier alpha value is -1.48. The molecule has 0 heterocycles. The third kappa shape index (κ3) is 4.50. The lowest BCUT2D eigenvalue weighted by molar-refractivity contribution is -0.201. The molecule has 1 rings (SSSR count). The summed E-state index contributed by atoms with van der Waals surface area (Å²) in [6.45, 7) is -0.958. The maximum absolute atomic E-state index is 12.2. The van der Waals surface area contributed by atoms with Gasteiger partial charge in [-0.2, -0.15) is 13.2 Å². The average molecular weight is 372 g/mol. The van der Waals surface area contributed by atoms with Gasteiger partial charge in [-0.1, -0.05) is 0 Å². The topological polar surface area (TPSA) is 67.8 Å². The van der Waals surface area contributed by atoms with Crippen molar-refractivity contribution in [2.45, 2.75) is 12.3 Å². The van der Waals surface area contributed by atoms with Crippen LogP contribution in [0.4, 0.5) is 13.2 Å². The molecular formula is C12H13BrF3NO4. The fourth-order valence-electron chi connectivity index (χ4n) is 1.46. The molecule has 1 atom stereocenters. The van der Waals surface area contributed by atoms with Gasteiger partial charge in [0.1, 0.15) is 11.5 Å². The van der Waals surface area contributed by atoms with Crippen LogP contribution < -0.4 is 14.8 Å². The van der Waals surface area contributed by atoms with E-state index in [1.165, 1.54) is 20.3 Å². The standard InChI is InChI=1S/C12H13BrF3NO4/c1-20-6-3-7(10(21-2)8(13)4-6)11(19)17-5-9(18)12(14,15)16/h3-4,9,18H,5H2,1-2H3,(H,17,19). The van der Waals surface area contributed by atoms with E-state index in [9.17, 15) is 18.0 Å². The molecule has 0 aliphatic carbocycles. The SMILES string of the molecule is COc1cc(Br)c(OC)c(C(=O)NCC(O)C(F)(F)F)c1. The lowest BCUT2D eigenvalue weighted by Gasteiger charge is -2.16. The van der Waals surface area contributed by atoms with Crippen molar-refractivity contribution in [3.8, 4) is 11.5 Å². The van der Waals surface area contributed by atoms with Crippen molar-refractivity contribution >= 4 is 21.8 Å². The Morgan fingerprint density at radius 2 is 2.00 bits per heavy atom. The summed E-state index contributed by atoms with van der Waals surface area (Å²) in [5, 5.41) is 10.9. The fraction of sp³-hybridized carbons (Fsp3) is 0.417. The average Bonchev–Trinajstić information content (AvgIpc) is 2.42. The highest BCUT2D eigenvalue weighted by Crippen LogP contribution is 2.33. The van der Waals surface area contributed by atoms with Crippen LogP contribution in [0, 0.1) is 0 Å². The summed E-state index contributed by atoms with van der Waals surface area (Å²) in [6, 6.07) is 2.86. The lowest BCUT2D eigenvalue weighted by Crippen LogP contribution is -2.40. The number of alkyl halides is 3. The molecule has 1 unspecified atom stereocenters. The van der Waals surface area contributed by atoms with Crippen molar-refractivity contribution in [1.82, 2.24) is 5.32 Å². The quantitative estimate of drug-likeness (QED) is 0.831. The van der Waals surface area contributed by atoms with Gasteiger partial charge in [-0.15, -0.1) is 0 Å². The van der Waals surface area contributed by atoms with Crippen LogP contribution in [-0.2, 0) is 0 Å². The van der Waals surface area contributed by atoms with Crippen LogP contribution in [0.25, 0.3) is 0 Å². The number of halogens is 4. The third-order valence-corrected chi connectivity index (χ3v) is 3.12. The van der Waals surface area contributed by atoms with E-state index in [1.807, 2.05) is 5.32 Å². The highest BCUT2D eigenvalue weighted by atomic mass is 79.9. The van der Waals surface area contributed by atoms with Gasteiger partial charge in [-0.25, -0.2) is 0 Å². The van der Waals surface area contributed by atoms with Gasteiger partial charge in [-0.05, 0) is 28.1 Å². The van der Waals surface area contributed by atoms with Crippen molar-refractivity contribution in [3.63, 3.8) is 0 Å². The molecule has 0 aliphatic rings. The summed E-state index contributed by atoms with van der Waals surface area (Å²) in [5.74, 6) is -0.353. The van der Waals surface area contributed by atoms with E-state index in [1.54, 1.807) is 6.07 Å². The summed E-state index contributed by atoms with van der Waals surface area (Å²) in [4.78, 5) is 11.9. The second kappa shape index (κ2) is 6.99. The molecule has 118 valence electrons. The van der Waals surface area contributed by atoms with Crippen LogP contribution in [-0.4, -0.2) is 44.1 Å². The Bertz CT molecular complexity index is 522. The minimum atomic E-state index is -4.80. The summed E-state index contributed by atoms with van der Waals surface area (Å²) in [7, 11) is 2.69. The molecule has 9 heteroatoms. The molecule has 21 heavy (non-hydrogen) atoms. The van der Waals surface area contributed by atoms with Crippen LogP contribution >= 0.6 is 15.9 Å². The monoisotopic (exact) mass is 371 g/mol. The molecule has 0 saturated heterocycles. The number of carbonyl (C=O) groups excluding carboxylic acids is 1. The van der Waals surface area contributed by atoms with Crippen molar-refractivity contribution in [2.24, 2.45) is 0 Å². The highest BCUT2D eigenvalue weighted by molar-refractivity contribution is 9.10. The predicted molar refractivity (Wildman–Crippen MR) is 71.6 cm³/mol. The van der Waals surface area contributed by atoms with Crippen molar-refractivity contribution < 1.29 is 32.5 Å². The normalized spacial score (nSPS) is 12.7. The molecule has 0 fully saturated rings. The molecule has 1 amide bonds. The molecule has 1 aromatic rings. The second-order valence-electron chi connectivity index (χ2n) is 3.96. The van der Waals surface area contributed by atoms with Gasteiger partial charge < -0.3 is 19.9 Å². The zero-order chi connectivity index (χ0) is 16.2. The maximum atomic E-state index is 12.2. The molecule has 0 aromatic heterocycles. The molecule has 1 aromatic carbocycles. The fourth-order valence-corrected chi connectivity index (χ4v) is 2.06. The minimum Gasteiger partial charge on any atom is -0.497 e. The molecule has 0 radical (unpaired) electrons. The lowest BCUT2D eigenvalue weighted by atomic mass is 10.1. The Morgan fingerprint density at radius 3 is 2.48 bits per heavy atom. The van der Waals surface area contributed by atoms with Gasteiger partial charge in [0.25, 0.3) is 5.91 Å². The van der Waals surface area contributed by atoms with E-state index in [0.29, 0.717) is 10.2 Å². The second-order valence-corrected chi connectivity index (χ2v) is 4.81. The predicted octanol–water partition coefficient (Wildman–Crippen LogP) is 2.12. The van der Waals surface area contributed by atoms with Gasteiger partial charge >= 0.3 is 6.18 Å². The number of methoxy groups -OCH3 is 2. The van der Waals surface area contributed by atoms with Crippen molar-refractivity contribution in [1.29, 1.82) is 0 Å². The zero-order valence-corrected chi connectivity index (χ0v) is 12.7. The van der Waals surface area contributed by atoms with Crippen LogP contribution in [0.3, 0.4) is 0 Å². The first-order chi connectivity index (χ1) is 9.70. The Morgan fingerprint density at radius 1 is 1.38 bits per heavy atom. The number of nitrogens with one attached hydrogen (secondary N) is 1. The number of hydrogen-bond donors (Lipinski definition) is 2. The van der Waals surface area contributed by atoms with Gasteiger partial charge in [0, 0.05) is 0 Å². The molecule has 2 N–H and O–H groups in total.